The van der Waals surface area contributed by atoms with Gasteiger partial charge in [0.15, 0.2) is 0 Å². The van der Waals surface area contributed by atoms with Crippen molar-refractivity contribution in [2.75, 3.05) is 17.1 Å². The number of sulfonamides is 1. The van der Waals surface area contributed by atoms with Crippen LogP contribution in [0.25, 0.3) is 0 Å². The Morgan fingerprint density at radius 1 is 0.918 bits per heavy atom. The van der Waals surface area contributed by atoms with Gasteiger partial charge < -0.3 is 10.2 Å². The summed E-state index contributed by atoms with van der Waals surface area (Å²) in [5.74, 6) is 1.54. The van der Waals surface area contributed by atoms with Crippen LogP contribution in [0.3, 0.4) is 0 Å². The van der Waals surface area contributed by atoms with E-state index in [4.69, 9.17) is 23.2 Å². The van der Waals surface area contributed by atoms with Gasteiger partial charge in [-0.2, -0.15) is 0 Å². The molecule has 4 fully saturated rings. The number of rotatable bonds is 13. The summed E-state index contributed by atoms with van der Waals surface area (Å²) < 4.78 is 27.9. The molecule has 262 valence electrons. The Hall–Kier alpha value is -3.07. The monoisotopic (exact) mass is 723 g/mol. The predicted octanol–water partition coefficient (Wildman–Crippen LogP) is 7.78. The molecule has 49 heavy (non-hydrogen) atoms. The van der Waals surface area contributed by atoms with Crippen LogP contribution in [-0.2, 0) is 38.0 Å². The second kappa shape index (κ2) is 14.7. The molecule has 0 unspecified atom stereocenters. The summed E-state index contributed by atoms with van der Waals surface area (Å²) in [6.45, 7) is 3.41. The molecule has 0 aromatic heterocycles. The van der Waals surface area contributed by atoms with E-state index in [2.05, 4.69) is 17.4 Å². The highest BCUT2D eigenvalue weighted by molar-refractivity contribution is 7.92. The van der Waals surface area contributed by atoms with Gasteiger partial charge in [-0.15, -0.1) is 0 Å². The van der Waals surface area contributed by atoms with E-state index in [9.17, 15) is 18.0 Å². The zero-order valence-electron chi connectivity index (χ0n) is 28.6. The number of halogens is 2. The zero-order chi connectivity index (χ0) is 34.9. The van der Waals surface area contributed by atoms with Crippen molar-refractivity contribution < 1.29 is 18.0 Å². The van der Waals surface area contributed by atoms with Gasteiger partial charge in [0.05, 0.1) is 11.9 Å². The molecule has 10 heteroatoms. The number of amides is 2. The molecule has 4 saturated carbocycles. The molecule has 2 amide bonds. The van der Waals surface area contributed by atoms with Gasteiger partial charge in [0.1, 0.15) is 12.6 Å². The third kappa shape index (κ3) is 8.13. The van der Waals surface area contributed by atoms with Crippen LogP contribution in [0.4, 0.5) is 5.69 Å². The van der Waals surface area contributed by atoms with E-state index < -0.39 is 28.5 Å². The predicted molar refractivity (Wildman–Crippen MR) is 197 cm³/mol. The fourth-order valence-corrected chi connectivity index (χ4v) is 10.2. The number of nitrogens with zero attached hydrogens (tertiary/aromatic N) is 2. The first-order valence-corrected chi connectivity index (χ1v) is 20.1. The molecule has 4 aliphatic rings. The van der Waals surface area contributed by atoms with Crippen molar-refractivity contribution in [1.29, 1.82) is 0 Å². The molecule has 0 saturated heterocycles. The molecular formula is C39H47Cl2N3O4S. The molecule has 4 aliphatic carbocycles. The number of carbonyl (C=O) groups is 2. The Labute approximate surface area is 301 Å². The molecule has 7 rings (SSSR count). The Balaban J connectivity index is 1.32. The summed E-state index contributed by atoms with van der Waals surface area (Å²) in [5.41, 5.74) is 3.34. The van der Waals surface area contributed by atoms with Crippen LogP contribution in [0.2, 0.25) is 10.0 Å². The third-order valence-electron chi connectivity index (χ3n) is 11.1. The average Bonchev–Trinajstić information content (AvgIpc) is 3.05. The maximum absolute atomic E-state index is 14.5. The number of carbonyl (C=O) groups excluding carboxylic acids is 2. The molecule has 1 N–H and O–H groups in total. The van der Waals surface area contributed by atoms with Gasteiger partial charge >= 0.3 is 0 Å². The van der Waals surface area contributed by atoms with Crippen molar-refractivity contribution in [2.45, 2.75) is 89.3 Å². The zero-order valence-corrected chi connectivity index (χ0v) is 30.9. The lowest BCUT2D eigenvalue weighted by Gasteiger charge is -2.57. The smallest absolute Gasteiger partial charge is 0.244 e. The molecule has 4 bridgehead atoms. The molecule has 2 atom stereocenters. The van der Waals surface area contributed by atoms with Crippen LogP contribution in [0.5, 0.6) is 0 Å². The fraction of sp³-hybridized carbons (Fsp3) is 0.487. The van der Waals surface area contributed by atoms with Crippen molar-refractivity contribution >= 4 is 50.7 Å². The van der Waals surface area contributed by atoms with E-state index in [-0.39, 0.29) is 30.3 Å². The minimum absolute atomic E-state index is 0.0111. The first-order chi connectivity index (χ1) is 23.3. The number of benzene rings is 3. The third-order valence-corrected chi connectivity index (χ3v) is 12.8. The van der Waals surface area contributed by atoms with Crippen molar-refractivity contribution in [3.8, 4) is 0 Å². The summed E-state index contributed by atoms with van der Waals surface area (Å²) in [6.07, 6.45) is 9.72. The number of hydrogen-bond donors (Lipinski definition) is 1. The number of nitrogens with one attached hydrogen (secondary N) is 1. The van der Waals surface area contributed by atoms with Crippen LogP contribution >= 0.6 is 23.2 Å². The van der Waals surface area contributed by atoms with Crippen molar-refractivity contribution in [3.63, 3.8) is 0 Å². The van der Waals surface area contributed by atoms with Crippen molar-refractivity contribution in [1.82, 2.24) is 10.2 Å². The summed E-state index contributed by atoms with van der Waals surface area (Å²) in [5, 5.41) is 3.85. The van der Waals surface area contributed by atoms with Gasteiger partial charge in [-0.1, -0.05) is 78.7 Å². The van der Waals surface area contributed by atoms with E-state index in [1.807, 2.05) is 56.3 Å². The van der Waals surface area contributed by atoms with Crippen LogP contribution in [0, 0.1) is 17.8 Å². The summed E-state index contributed by atoms with van der Waals surface area (Å²) in [7, 11) is -3.88. The van der Waals surface area contributed by atoms with Gasteiger partial charge in [-0.25, -0.2) is 8.42 Å². The molecule has 0 aliphatic heterocycles. The quantitative estimate of drug-likeness (QED) is 0.195. The summed E-state index contributed by atoms with van der Waals surface area (Å²) in [4.78, 5) is 29.9. The van der Waals surface area contributed by atoms with E-state index in [0.29, 0.717) is 27.7 Å². The van der Waals surface area contributed by atoms with Crippen molar-refractivity contribution in [2.24, 2.45) is 17.8 Å². The molecule has 3 aromatic rings. The highest BCUT2D eigenvalue weighted by Gasteiger charge is 2.51. The first-order valence-electron chi connectivity index (χ1n) is 17.5. The molecule has 0 heterocycles. The maximum atomic E-state index is 14.5. The summed E-state index contributed by atoms with van der Waals surface area (Å²) in [6, 6.07) is 21.3. The van der Waals surface area contributed by atoms with Gasteiger partial charge in [-0.05, 0) is 116 Å². The minimum atomic E-state index is -3.88. The van der Waals surface area contributed by atoms with Gasteiger partial charge in [-0.3, -0.25) is 13.9 Å². The fourth-order valence-electron chi connectivity index (χ4n) is 8.89. The molecule has 0 spiro atoms. The van der Waals surface area contributed by atoms with Gasteiger partial charge in [0.2, 0.25) is 21.8 Å². The number of hydrogen-bond acceptors (Lipinski definition) is 4. The Morgan fingerprint density at radius 3 is 2.08 bits per heavy atom. The Bertz CT molecular complexity index is 1730. The topological polar surface area (TPSA) is 86.8 Å². The van der Waals surface area contributed by atoms with Crippen molar-refractivity contribution in [3.05, 3.63) is 99.5 Å². The largest absolute Gasteiger partial charge is 0.352 e. The van der Waals surface area contributed by atoms with Crippen LogP contribution in [-0.4, -0.2) is 50.0 Å². The second-order valence-electron chi connectivity index (χ2n) is 14.8. The van der Waals surface area contributed by atoms with E-state index >= 15 is 0 Å². The number of anilines is 1. The lowest BCUT2D eigenvalue weighted by molar-refractivity contribution is -0.140. The van der Waals surface area contributed by atoms with E-state index in [0.717, 1.165) is 33.9 Å². The van der Waals surface area contributed by atoms with E-state index in [1.54, 1.807) is 18.2 Å². The molecular weight excluding hydrogens is 677 g/mol. The van der Waals surface area contributed by atoms with Gasteiger partial charge in [0, 0.05) is 29.1 Å². The maximum Gasteiger partial charge on any atom is 0.244 e. The highest BCUT2D eigenvalue weighted by Crippen LogP contribution is 2.60. The molecule has 7 nitrogen and oxygen atoms in total. The van der Waals surface area contributed by atoms with Crippen LogP contribution < -0.4 is 9.62 Å². The van der Waals surface area contributed by atoms with Crippen LogP contribution in [0.15, 0.2) is 72.8 Å². The average molecular weight is 725 g/mol. The molecule has 0 radical (unpaired) electrons. The lowest BCUT2D eigenvalue weighted by Crippen LogP contribution is -2.54. The highest BCUT2D eigenvalue weighted by atomic mass is 35.5. The SMILES string of the molecule is CC[C@@H](C)NC(=O)[C@@H](Cc1ccccc1)N(Cc1ccc(Cl)cc1Cl)C(=O)CN(c1ccc(C23CC4CC(CC(C4)C2)C3)cc1)S(C)(=O)=O. The minimum Gasteiger partial charge on any atom is -0.352 e. The Morgan fingerprint density at radius 2 is 1.53 bits per heavy atom. The lowest BCUT2D eigenvalue weighted by atomic mass is 9.48. The van der Waals surface area contributed by atoms with Crippen LogP contribution in [0.1, 0.15) is 75.5 Å². The standard InChI is InChI=1S/C39H47Cl2N3O4S/c1-4-26(2)42-38(46)36(19-27-8-6-5-7-9-27)43(24-31-10-13-33(40)20-35(31)41)37(45)25-44(49(3,47)48)34-14-11-32(12-15-34)39-21-28-16-29(22-39)18-30(17-28)23-39/h5-15,20,26,28-30,36H,4,16-19,21-25H2,1-3H3,(H,42,46)/t26-,28?,29?,30?,36-,39?/m1/s1. The molecule has 3 aromatic carbocycles. The first kappa shape index (κ1) is 35.7. The Kier molecular flexibility index (Phi) is 10.7. The summed E-state index contributed by atoms with van der Waals surface area (Å²) >= 11 is 12.8. The normalized spacial score (nSPS) is 23.9. The van der Waals surface area contributed by atoms with Gasteiger partial charge in [0.25, 0.3) is 0 Å². The van der Waals surface area contributed by atoms with E-state index in [1.165, 1.54) is 49.0 Å². The second-order valence-corrected chi connectivity index (χ2v) is 17.5.